The van der Waals surface area contributed by atoms with Crippen molar-refractivity contribution in [3.8, 4) is 0 Å². The third kappa shape index (κ3) is 3.57. The number of ketones is 1. The van der Waals surface area contributed by atoms with E-state index in [-0.39, 0.29) is 23.2 Å². The highest BCUT2D eigenvalue weighted by molar-refractivity contribution is 7.99. The number of aryl methyl sites for hydroxylation is 2. The Balaban J connectivity index is 1.69. The van der Waals surface area contributed by atoms with Gasteiger partial charge in [0.1, 0.15) is 5.82 Å². The molecule has 3 rings (SSSR count). The summed E-state index contributed by atoms with van der Waals surface area (Å²) in [6, 6.07) is 1.92. The van der Waals surface area contributed by atoms with Gasteiger partial charge in [0.25, 0.3) is 0 Å². The number of hydrogen-bond acceptors (Lipinski definition) is 7. The number of carbonyl (C=O) groups excluding carboxylic acids is 1. The third-order valence-corrected chi connectivity index (χ3v) is 7.89. The lowest BCUT2D eigenvalue weighted by Crippen LogP contribution is -2.09. The molecule has 2 aromatic heterocycles. The summed E-state index contributed by atoms with van der Waals surface area (Å²) in [7, 11) is -1.13. The Hall–Kier alpha value is -1.19. The van der Waals surface area contributed by atoms with Crippen molar-refractivity contribution < 1.29 is 13.2 Å². The minimum absolute atomic E-state index is 0.0786. The van der Waals surface area contributed by atoms with Crippen molar-refractivity contribution in [1.29, 1.82) is 0 Å². The van der Waals surface area contributed by atoms with Gasteiger partial charge >= 0.3 is 0 Å². The Labute approximate surface area is 149 Å². The number of thioether (sulfide) groups is 1. The molecule has 1 aliphatic rings. The Bertz CT molecular complexity index is 883. The predicted molar refractivity (Wildman–Crippen MR) is 95.9 cm³/mol. The smallest absolute Gasteiger partial charge is 0.191 e. The zero-order valence-electron chi connectivity index (χ0n) is 13.8. The lowest BCUT2D eigenvalue weighted by atomic mass is 10.1. The van der Waals surface area contributed by atoms with Gasteiger partial charge in [0.05, 0.1) is 17.3 Å². The van der Waals surface area contributed by atoms with E-state index in [1.165, 1.54) is 11.8 Å². The lowest BCUT2D eigenvalue weighted by Gasteiger charge is -2.07. The number of sulfone groups is 1. The van der Waals surface area contributed by atoms with Gasteiger partial charge in [-0.2, -0.15) is 0 Å². The van der Waals surface area contributed by atoms with Gasteiger partial charge < -0.3 is 4.57 Å². The second kappa shape index (κ2) is 6.61. The number of aromatic nitrogens is 3. The topological polar surface area (TPSA) is 81.9 Å². The summed E-state index contributed by atoms with van der Waals surface area (Å²) in [4.78, 5) is 14.5. The zero-order chi connectivity index (χ0) is 17.5. The molecular formula is C15H19N3O3S3. The van der Waals surface area contributed by atoms with Gasteiger partial charge in [0, 0.05) is 28.3 Å². The van der Waals surface area contributed by atoms with Crippen molar-refractivity contribution in [1.82, 2.24) is 14.8 Å². The van der Waals surface area contributed by atoms with Crippen LogP contribution in [0.5, 0.6) is 0 Å². The maximum absolute atomic E-state index is 12.4. The molecule has 0 spiro atoms. The number of carbonyl (C=O) groups is 1. The monoisotopic (exact) mass is 385 g/mol. The van der Waals surface area contributed by atoms with Gasteiger partial charge in [-0.3, -0.25) is 4.79 Å². The fourth-order valence-electron chi connectivity index (χ4n) is 2.92. The van der Waals surface area contributed by atoms with Crippen LogP contribution in [0.1, 0.15) is 38.3 Å². The lowest BCUT2D eigenvalue weighted by molar-refractivity contribution is 0.102. The number of Topliss-reactive ketones (excluding diaryl/α,β-unsaturated/α-hetero) is 1. The number of hydrogen-bond donors (Lipinski definition) is 0. The number of nitrogens with zero attached hydrogens (tertiary/aromatic N) is 3. The van der Waals surface area contributed by atoms with Gasteiger partial charge in [0.2, 0.25) is 0 Å². The van der Waals surface area contributed by atoms with Crippen molar-refractivity contribution in [2.24, 2.45) is 7.05 Å². The van der Waals surface area contributed by atoms with Gasteiger partial charge in [-0.15, -0.1) is 21.5 Å². The number of rotatable bonds is 5. The van der Waals surface area contributed by atoms with E-state index in [2.05, 4.69) is 10.2 Å². The fraction of sp³-hybridized carbons (Fsp3) is 0.533. The Morgan fingerprint density at radius 1 is 1.42 bits per heavy atom. The molecule has 1 aliphatic heterocycles. The first-order valence-corrected chi connectivity index (χ1v) is 11.2. The molecule has 6 nitrogen and oxygen atoms in total. The fourth-order valence-corrected chi connectivity index (χ4v) is 6.40. The molecule has 0 saturated carbocycles. The van der Waals surface area contributed by atoms with Crippen LogP contribution in [0.3, 0.4) is 0 Å². The molecular weight excluding hydrogens is 366 g/mol. The first kappa shape index (κ1) is 17.6. The molecule has 0 N–H and O–H groups in total. The average Bonchev–Trinajstić information content (AvgIpc) is 3.14. The van der Waals surface area contributed by atoms with Crippen LogP contribution < -0.4 is 0 Å². The van der Waals surface area contributed by atoms with Crippen molar-refractivity contribution in [3.63, 3.8) is 0 Å². The van der Waals surface area contributed by atoms with Crippen LogP contribution in [0.15, 0.2) is 11.2 Å². The van der Waals surface area contributed by atoms with E-state index < -0.39 is 9.84 Å². The summed E-state index contributed by atoms with van der Waals surface area (Å²) in [5.74, 6) is 1.31. The summed E-state index contributed by atoms with van der Waals surface area (Å²) >= 11 is 2.97. The van der Waals surface area contributed by atoms with Crippen LogP contribution in [0.2, 0.25) is 0 Å². The average molecular weight is 386 g/mol. The normalized spacial score (nSPS) is 19.7. The maximum atomic E-state index is 12.4. The first-order valence-electron chi connectivity index (χ1n) is 7.59. The molecule has 0 radical (unpaired) electrons. The standard InChI is InChI=1S/C15H19N3O3S3/c1-9-6-12(10(2)23-9)13(19)7-22-15-17-16-14(18(15)3)11-4-5-24(20,21)8-11/h6,11H,4-5,7-8H2,1-3H3/t11-/m1/s1. The highest BCUT2D eigenvalue weighted by Gasteiger charge is 2.32. The largest absolute Gasteiger partial charge is 0.309 e. The van der Waals surface area contributed by atoms with Gasteiger partial charge in [0.15, 0.2) is 20.8 Å². The zero-order valence-corrected chi connectivity index (χ0v) is 16.2. The number of thiophene rings is 1. The quantitative estimate of drug-likeness (QED) is 0.580. The van der Waals surface area contributed by atoms with Crippen LogP contribution in [-0.4, -0.2) is 46.2 Å². The van der Waals surface area contributed by atoms with Gasteiger partial charge in [-0.25, -0.2) is 8.42 Å². The van der Waals surface area contributed by atoms with Crippen LogP contribution in [0.4, 0.5) is 0 Å². The van der Waals surface area contributed by atoms with E-state index in [0.717, 1.165) is 15.3 Å². The molecule has 0 aromatic carbocycles. The molecule has 0 amide bonds. The SMILES string of the molecule is Cc1cc(C(=O)CSc2nnc([C@@H]3CCS(=O)(=O)C3)n2C)c(C)s1. The Kier molecular flexibility index (Phi) is 4.85. The molecule has 1 saturated heterocycles. The summed E-state index contributed by atoms with van der Waals surface area (Å²) < 4.78 is 25.1. The minimum atomic E-state index is -2.96. The Morgan fingerprint density at radius 3 is 2.75 bits per heavy atom. The Morgan fingerprint density at radius 2 is 2.17 bits per heavy atom. The first-order chi connectivity index (χ1) is 11.3. The van der Waals surface area contributed by atoms with Gasteiger partial charge in [-0.1, -0.05) is 11.8 Å². The molecule has 1 fully saturated rings. The molecule has 3 heterocycles. The molecule has 0 unspecified atom stereocenters. The molecule has 0 aliphatic carbocycles. The van der Waals surface area contributed by atoms with E-state index in [9.17, 15) is 13.2 Å². The van der Waals surface area contributed by atoms with Gasteiger partial charge in [-0.05, 0) is 26.3 Å². The molecule has 2 aromatic rings. The van der Waals surface area contributed by atoms with Crippen molar-refractivity contribution >= 4 is 38.7 Å². The third-order valence-electron chi connectivity index (χ3n) is 4.14. The van der Waals surface area contributed by atoms with E-state index in [1.54, 1.807) is 11.3 Å². The second-order valence-electron chi connectivity index (χ2n) is 6.04. The molecule has 24 heavy (non-hydrogen) atoms. The van der Waals surface area contributed by atoms with E-state index in [1.807, 2.05) is 31.5 Å². The van der Waals surface area contributed by atoms with Crippen molar-refractivity contribution in [2.45, 2.75) is 31.3 Å². The highest BCUT2D eigenvalue weighted by atomic mass is 32.2. The van der Waals surface area contributed by atoms with Crippen LogP contribution in [-0.2, 0) is 16.9 Å². The van der Waals surface area contributed by atoms with Crippen LogP contribution in [0, 0.1) is 13.8 Å². The molecule has 1 atom stereocenters. The molecule has 0 bridgehead atoms. The summed E-state index contributed by atoms with van der Waals surface area (Å²) in [6.45, 7) is 3.95. The minimum Gasteiger partial charge on any atom is -0.309 e. The van der Waals surface area contributed by atoms with Crippen molar-refractivity contribution in [2.75, 3.05) is 17.3 Å². The summed E-state index contributed by atoms with van der Waals surface area (Å²) in [5.41, 5.74) is 0.772. The van der Waals surface area contributed by atoms with Crippen LogP contribution in [0.25, 0.3) is 0 Å². The van der Waals surface area contributed by atoms with E-state index >= 15 is 0 Å². The van der Waals surface area contributed by atoms with Crippen LogP contribution >= 0.6 is 23.1 Å². The second-order valence-corrected chi connectivity index (χ2v) is 10.7. The van der Waals surface area contributed by atoms with E-state index in [0.29, 0.717) is 23.2 Å². The highest BCUT2D eigenvalue weighted by Crippen LogP contribution is 2.30. The van der Waals surface area contributed by atoms with Crippen molar-refractivity contribution in [3.05, 3.63) is 27.2 Å². The maximum Gasteiger partial charge on any atom is 0.191 e. The molecule has 130 valence electrons. The molecule has 9 heteroatoms. The predicted octanol–water partition coefficient (Wildman–Crippen LogP) is 2.37. The summed E-state index contributed by atoms with van der Waals surface area (Å²) in [6.07, 6.45) is 0.589. The summed E-state index contributed by atoms with van der Waals surface area (Å²) in [5, 5.41) is 8.93. The van der Waals surface area contributed by atoms with E-state index in [4.69, 9.17) is 0 Å².